The van der Waals surface area contributed by atoms with Gasteiger partial charge in [-0.15, -0.1) is 11.3 Å². The molecule has 0 radical (unpaired) electrons. The van der Waals surface area contributed by atoms with Crippen LogP contribution in [0.2, 0.25) is 0 Å². The number of thiazole rings is 1. The molecule has 2 N–H and O–H groups in total. The van der Waals surface area contributed by atoms with E-state index in [0.29, 0.717) is 18.4 Å². The van der Waals surface area contributed by atoms with Crippen molar-refractivity contribution >= 4 is 33.0 Å². The zero-order chi connectivity index (χ0) is 21.8. The summed E-state index contributed by atoms with van der Waals surface area (Å²) in [4.78, 5) is 14.8. The standard InChI is InChI=1S/C22H27N5O2S2/c1-15-10-11-23-21(12-15)27-20-5-3-4-18(26-20)19-14-24-22(30-19)17-8-6-16(7-9-17)13-25-31(2,28)29/h3-5,10-12,14,16-17,25H,6-9,13H2,1-2H3,(H,23,26,27). The van der Waals surface area contributed by atoms with Gasteiger partial charge in [-0.25, -0.2) is 28.1 Å². The number of hydrogen-bond acceptors (Lipinski definition) is 7. The number of rotatable bonds is 7. The quantitative estimate of drug-likeness (QED) is 0.543. The summed E-state index contributed by atoms with van der Waals surface area (Å²) in [6.07, 6.45) is 9.02. The van der Waals surface area contributed by atoms with Crippen LogP contribution < -0.4 is 10.0 Å². The van der Waals surface area contributed by atoms with E-state index < -0.39 is 10.0 Å². The molecular weight excluding hydrogens is 430 g/mol. The molecule has 1 aliphatic carbocycles. The van der Waals surface area contributed by atoms with E-state index in [1.54, 1.807) is 17.5 Å². The molecule has 3 heterocycles. The first-order chi connectivity index (χ1) is 14.9. The number of pyridine rings is 2. The topological polar surface area (TPSA) is 96.9 Å². The van der Waals surface area contributed by atoms with Crippen molar-refractivity contribution in [1.82, 2.24) is 19.7 Å². The second-order valence-corrected chi connectivity index (χ2v) is 11.0. The summed E-state index contributed by atoms with van der Waals surface area (Å²) < 4.78 is 25.2. The molecule has 1 aliphatic rings. The highest BCUT2D eigenvalue weighted by Crippen LogP contribution is 2.39. The van der Waals surface area contributed by atoms with Gasteiger partial charge in [0.05, 0.1) is 21.8 Å². The van der Waals surface area contributed by atoms with E-state index in [9.17, 15) is 8.42 Å². The van der Waals surface area contributed by atoms with Crippen LogP contribution in [-0.4, -0.2) is 36.2 Å². The summed E-state index contributed by atoms with van der Waals surface area (Å²) in [5.74, 6) is 2.37. The van der Waals surface area contributed by atoms with Gasteiger partial charge >= 0.3 is 0 Å². The molecule has 31 heavy (non-hydrogen) atoms. The molecule has 0 bridgehead atoms. The first-order valence-electron chi connectivity index (χ1n) is 10.4. The van der Waals surface area contributed by atoms with Crippen molar-refractivity contribution in [2.75, 3.05) is 18.1 Å². The van der Waals surface area contributed by atoms with Crippen molar-refractivity contribution in [1.29, 1.82) is 0 Å². The maximum Gasteiger partial charge on any atom is 0.208 e. The van der Waals surface area contributed by atoms with Gasteiger partial charge in [0.2, 0.25) is 10.0 Å². The van der Waals surface area contributed by atoms with Gasteiger partial charge < -0.3 is 5.32 Å². The predicted octanol–water partition coefficient (Wildman–Crippen LogP) is 4.48. The van der Waals surface area contributed by atoms with Gasteiger partial charge in [-0.05, 0) is 68.4 Å². The Labute approximate surface area is 187 Å². The molecule has 0 aromatic carbocycles. The predicted molar refractivity (Wildman–Crippen MR) is 125 cm³/mol. The van der Waals surface area contributed by atoms with Gasteiger partial charge in [0.25, 0.3) is 0 Å². The zero-order valence-electron chi connectivity index (χ0n) is 17.7. The van der Waals surface area contributed by atoms with Crippen molar-refractivity contribution in [2.45, 2.75) is 38.5 Å². The largest absolute Gasteiger partial charge is 0.325 e. The molecule has 0 spiro atoms. The van der Waals surface area contributed by atoms with E-state index in [4.69, 9.17) is 4.98 Å². The molecule has 4 rings (SSSR count). The highest BCUT2D eigenvalue weighted by molar-refractivity contribution is 7.88. The average molecular weight is 458 g/mol. The van der Waals surface area contributed by atoms with E-state index in [1.807, 2.05) is 43.5 Å². The smallest absolute Gasteiger partial charge is 0.208 e. The third kappa shape index (κ3) is 6.09. The monoisotopic (exact) mass is 457 g/mol. The normalized spacial score (nSPS) is 19.3. The number of aryl methyl sites for hydroxylation is 1. The third-order valence-electron chi connectivity index (χ3n) is 5.53. The first-order valence-corrected chi connectivity index (χ1v) is 13.1. The number of hydrogen-bond donors (Lipinski definition) is 2. The van der Waals surface area contributed by atoms with Crippen molar-refractivity contribution in [3.05, 3.63) is 53.3 Å². The molecule has 3 aromatic rings. The van der Waals surface area contributed by atoms with Gasteiger partial charge in [0.15, 0.2) is 0 Å². The molecular formula is C22H27N5O2S2. The Kier molecular flexibility index (Phi) is 6.64. The molecule has 164 valence electrons. The van der Waals surface area contributed by atoms with Crippen LogP contribution in [-0.2, 0) is 10.0 Å². The van der Waals surface area contributed by atoms with Crippen LogP contribution in [0.4, 0.5) is 11.6 Å². The lowest BCUT2D eigenvalue weighted by molar-refractivity contribution is 0.325. The van der Waals surface area contributed by atoms with Gasteiger partial charge in [-0.3, -0.25) is 0 Å². The number of aromatic nitrogens is 3. The molecule has 0 amide bonds. The number of nitrogens with zero attached hydrogens (tertiary/aromatic N) is 3. The van der Waals surface area contributed by atoms with E-state index >= 15 is 0 Å². The van der Waals surface area contributed by atoms with Crippen molar-refractivity contribution < 1.29 is 8.42 Å². The minimum absolute atomic E-state index is 0.407. The number of anilines is 2. The minimum atomic E-state index is -3.12. The second-order valence-electron chi connectivity index (χ2n) is 8.15. The summed E-state index contributed by atoms with van der Waals surface area (Å²) in [5, 5.41) is 4.41. The Balaban J connectivity index is 1.39. The van der Waals surface area contributed by atoms with Crippen molar-refractivity contribution in [3.63, 3.8) is 0 Å². The van der Waals surface area contributed by atoms with Crippen LogP contribution in [0.15, 0.2) is 42.7 Å². The van der Waals surface area contributed by atoms with Gasteiger partial charge in [0, 0.05) is 24.9 Å². The maximum absolute atomic E-state index is 11.3. The molecule has 0 saturated heterocycles. The summed E-state index contributed by atoms with van der Waals surface area (Å²) in [6, 6.07) is 9.87. The third-order valence-corrected chi connectivity index (χ3v) is 7.40. The molecule has 1 fully saturated rings. The lowest BCUT2D eigenvalue weighted by atomic mass is 9.82. The average Bonchev–Trinajstić information content (AvgIpc) is 3.23. The van der Waals surface area contributed by atoms with Gasteiger partial charge in [0.1, 0.15) is 11.6 Å². The SMILES string of the molecule is Cc1ccnc(Nc2cccc(-c3cnc(C4CCC(CNS(C)(=O)=O)CC4)s3)n2)c1. The Hall–Kier alpha value is -2.36. The molecule has 3 aromatic heterocycles. The highest BCUT2D eigenvalue weighted by Gasteiger charge is 2.25. The summed E-state index contributed by atoms with van der Waals surface area (Å²) in [7, 11) is -3.12. The molecule has 0 unspecified atom stereocenters. The van der Waals surface area contributed by atoms with E-state index in [0.717, 1.165) is 58.5 Å². The van der Waals surface area contributed by atoms with Gasteiger partial charge in [-0.1, -0.05) is 6.07 Å². The van der Waals surface area contributed by atoms with E-state index in [-0.39, 0.29) is 0 Å². The van der Waals surface area contributed by atoms with Crippen molar-refractivity contribution in [2.24, 2.45) is 5.92 Å². The van der Waals surface area contributed by atoms with Crippen LogP contribution in [0.3, 0.4) is 0 Å². The minimum Gasteiger partial charge on any atom is -0.325 e. The Morgan fingerprint density at radius 3 is 2.65 bits per heavy atom. The van der Waals surface area contributed by atoms with Crippen LogP contribution in [0.5, 0.6) is 0 Å². The molecule has 7 nitrogen and oxygen atoms in total. The second kappa shape index (κ2) is 9.42. The van der Waals surface area contributed by atoms with Crippen LogP contribution >= 0.6 is 11.3 Å². The summed E-state index contributed by atoms with van der Waals surface area (Å²) in [5.41, 5.74) is 2.04. The number of sulfonamides is 1. The highest BCUT2D eigenvalue weighted by atomic mass is 32.2. The fourth-order valence-electron chi connectivity index (χ4n) is 3.85. The van der Waals surface area contributed by atoms with Crippen LogP contribution in [0.1, 0.15) is 42.2 Å². The van der Waals surface area contributed by atoms with E-state index in [1.165, 1.54) is 6.26 Å². The number of nitrogens with one attached hydrogen (secondary N) is 2. The van der Waals surface area contributed by atoms with E-state index in [2.05, 4.69) is 20.0 Å². The van der Waals surface area contributed by atoms with Crippen molar-refractivity contribution in [3.8, 4) is 10.6 Å². The maximum atomic E-state index is 11.3. The zero-order valence-corrected chi connectivity index (χ0v) is 19.3. The van der Waals surface area contributed by atoms with Crippen LogP contribution in [0.25, 0.3) is 10.6 Å². The summed E-state index contributed by atoms with van der Waals surface area (Å²) in [6.45, 7) is 2.57. The molecule has 0 aliphatic heterocycles. The molecule has 1 saturated carbocycles. The fraction of sp³-hybridized carbons (Fsp3) is 0.409. The first kappa shape index (κ1) is 21.9. The van der Waals surface area contributed by atoms with Gasteiger partial charge in [-0.2, -0.15) is 0 Å². The lowest BCUT2D eigenvalue weighted by Crippen LogP contribution is -2.30. The fourth-order valence-corrected chi connectivity index (χ4v) is 5.45. The molecule has 9 heteroatoms. The Morgan fingerprint density at radius 2 is 1.90 bits per heavy atom. The Morgan fingerprint density at radius 1 is 1.10 bits per heavy atom. The molecule has 0 atom stereocenters. The lowest BCUT2D eigenvalue weighted by Gasteiger charge is -2.27. The summed E-state index contributed by atoms with van der Waals surface area (Å²) >= 11 is 1.70. The Bertz CT molecular complexity index is 1140. The van der Waals surface area contributed by atoms with Crippen LogP contribution in [0, 0.1) is 12.8 Å².